The lowest BCUT2D eigenvalue weighted by molar-refractivity contribution is 0.110. The highest BCUT2D eigenvalue weighted by molar-refractivity contribution is 5.26. The number of hydrogen-bond donors (Lipinski definition) is 1. The molecule has 1 N–H and O–H groups in total. The van der Waals surface area contributed by atoms with E-state index in [0.29, 0.717) is 23.7 Å². The molecule has 1 heteroatoms. The molecule has 0 saturated heterocycles. The largest absolute Gasteiger partial charge is 0.389 e. The van der Waals surface area contributed by atoms with Crippen molar-refractivity contribution >= 4 is 0 Å². The van der Waals surface area contributed by atoms with Gasteiger partial charge < -0.3 is 5.11 Å². The molecule has 3 aliphatic carbocycles. The molecule has 3 rings (SSSR count). The van der Waals surface area contributed by atoms with Crippen molar-refractivity contribution in [3.8, 4) is 0 Å². The lowest BCUT2D eigenvalue weighted by Crippen LogP contribution is -2.32. The predicted molar refractivity (Wildman–Crippen MR) is 52.0 cm³/mol. The number of rotatable bonds is 0. The Morgan fingerprint density at radius 3 is 2.54 bits per heavy atom. The van der Waals surface area contributed by atoms with Gasteiger partial charge in [-0.3, -0.25) is 0 Å². The van der Waals surface area contributed by atoms with Crippen LogP contribution in [0.5, 0.6) is 0 Å². The summed E-state index contributed by atoms with van der Waals surface area (Å²) in [5.74, 6) is 2.24. The van der Waals surface area contributed by atoms with Crippen LogP contribution in [0.25, 0.3) is 0 Å². The van der Waals surface area contributed by atoms with Crippen LogP contribution in [0.15, 0.2) is 36.5 Å². The van der Waals surface area contributed by atoms with Crippen LogP contribution in [0.2, 0.25) is 0 Å². The van der Waals surface area contributed by atoms with Crippen molar-refractivity contribution < 1.29 is 5.11 Å². The first-order valence-electron chi connectivity index (χ1n) is 5.07. The van der Waals surface area contributed by atoms with Gasteiger partial charge in [0.1, 0.15) is 0 Å². The van der Waals surface area contributed by atoms with Crippen molar-refractivity contribution in [3.63, 3.8) is 0 Å². The molecule has 0 fully saturated rings. The minimum atomic E-state index is -0.229. The molecule has 0 heterocycles. The molecule has 13 heavy (non-hydrogen) atoms. The molecular formula is C12H14O. The summed E-state index contributed by atoms with van der Waals surface area (Å²) in [5, 5.41) is 9.87. The molecule has 0 radical (unpaired) electrons. The van der Waals surface area contributed by atoms with Crippen LogP contribution >= 0.6 is 0 Å². The van der Waals surface area contributed by atoms with Crippen molar-refractivity contribution in [2.75, 3.05) is 0 Å². The van der Waals surface area contributed by atoms with E-state index in [1.165, 1.54) is 0 Å². The van der Waals surface area contributed by atoms with Gasteiger partial charge in [-0.1, -0.05) is 36.5 Å². The lowest BCUT2D eigenvalue weighted by Gasteiger charge is -2.36. The Bertz CT molecular complexity index is 300. The Morgan fingerprint density at radius 1 is 0.923 bits per heavy atom. The summed E-state index contributed by atoms with van der Waals surface area (Å²) in [6.45, 7) is 0. The molecule has 5 unspecified atom stereocenters. The van der Waals surface area contributed by atoms with Gasteiger partial charge in [-0.2, -0.15) is 0 Å². The summed E-state index contributed by atoms with van der Waals surface area (Å²) in [5.41, 5.74) is 0. The van der Waals surface area contributed by atoms with Gasteiger partial charge in [0.25, 0.3) is 0 Å². The van der Waals surface area contributed by atoms with Crippen LogP contribution in [0, 0.1) is 23.7 Å². The molecule has 1 nitrogen and oxygen atoms in total. The molecule has 0 amide bonds. The lowest BCUT2D eigenvalue weighted by atomic mass is 9.69. The zero-order chi connectivity index (χ0) is 8.84. The minimum Gasteiger partial charge on any atom is -0.389 e. The fraction of sp³-hybridized carbons (Fsp3) is 0.500. The van der Waals surface area contributed by atoms with Crippen molar-refractivity contribution in [1.82, 2.24) is 0 Å². The molecule has 0 aromatic carbocycles. The molecule has 68 valence electrons. The van der Waals surface area contributed by atoms with Crippen LogP contribution in [0.3, 0.4) is 0 Å². The average Bonchev–Trinajstić information content (AvgIpc) is 2.21. The minimum absolute atomic E-state index is 0.229. The van der Waals surface area contributed by atoms with E-state index in [1.54, 1.807) is 0 Å². The second-order valence-electron chi connectivity index (χ2n) is 4.32. The maximum Gasteiger partial charge on any atom is 0.0758 e. The normalized spacial score (nSPS) is 51.0. The topological polar surface area (TPSA) is 20.2 Å². The van der Waals surface area contributed by atoms with Crippen LogP contribution in [0.4, 0.5) is 0 Å². The molecule has 0 aromatic rings. The van der Waals surface area contributed by atoms with E-state index in [-0.39, 0.29) is 6.10 Å². The highest BCUT2D eigenvalue weighted by Crippen LogP contribution is 2.45. The average molecular weight is 174 g/mol. The standard InChI is InChI=1S/C12H14O/c13-12-7-4-8-2-1-3-11(12)10-6-5-9(8)10/h1-2,4-13H,3H2. The first-order valence-corrected chi connectivity index (χ1v) is 5.07. The highest BCUT2D eigenvalue weighted by Gasteiger charge is 2.40. The van der Waals surface area contributed by atoms with Gasteiger partial charge in [-0.05, 0) is 24.2 Å². The predicted octanol–water partition coefficient (Wildman–Crippen LogP) is 1.91. The molecule has 5 atom stereocenters. The van der Waals surface area contributed by atoms with E-state index < -0.39 is 0 Å². The third-order valence-electron chi connectivity index (χ3n) is 3.67. The molecule has 2 bridgehead atoms. The summed E-state index contributed by atoms with van der Waals surface area (Å²) in [4.78, 5) is 0. The monoisotopic (exact) mass is 174 g/mol. The Hall–Kier alpha value is -0.820. The summed E-state index contributed by atoms with van der Waals surface area (Å²) < 4.78 is 0. The fourth-order valence-corrected chi connectivity index (χ4v) is 2.80. The van der Waals surface area contributed by atoms with Crippen molar-refractivity contribution in [1.29, 1.82) is 0 Å². The first-order chi connectivity index (χ1) is 6.36. The van der Waals surface area contributed by atoms with Crippen LogP contribution in [-0.4, -0.2) is 11.2 Å². The van der Waals surface area contributed by atoms with Crippen LogP contribution in [-0.2, 0) is 0 Å². The number of hydrogen-bond acceptors (Lipinski definition) is 1. The molecule has 0 aromatic heterocycles. The third kappa shape index (κ3) is 0.969. The summed E-state index contributed by atoms with van der Waals surface area (Å²) >= 11 is 0. The van der Waals surface area contributed by atoms with Gasteiger partial charge in [0.15, 0.2) is 0 Å². The van der Waals surface area contributed by atoms with E-state index in [1.807, 2.05) is 6.08 Å². The molecule has 3 aliphatic rings. The summed E-state index contributed by atoms with van der Waals surface area (Å²) in [6, 6.07) is 0. The van der Waals surface area contributed by atoms with Crippen molar-refractivity contribution in [3.05, 3.63) is 36.5 Å². The Labute approximate surface area is 78.5 Å². The van der Waals surface area contributed by atoms with E-state index in [2.05, 4.69) is 30.4 Å². The Morgan fingerprint density at radius 2 is 1.77 bits per heavy atom. The second kappa shape index (κ2) is 2.58. The Kier molecular flexibility index (Phi) is 1.50. The zero-order valence-electron chi connectivity index (χ0n) is 7.51. The summed E-state index contributed by atoms with van der Waals surface area (Å²) in [7, 11) is 0. The van der Waals surface area contributed by atoms with Crippen molar-refractivity contribution in [2.24, 2.45) is 23.7 Å². The summed E-state index contributed by atoms with van der Waals surface area (Å²) in [6.07, 6.45) is 14.1. The Balaban J connectivity index is 2.05. The number of aliphatic hydroxyl groups excluding tert-OH is 1. The van der Waals surface area contributed by atoms with Crippen LogP contribution in [0.1, 0.15) is 6.42 Å². The highest BCUT2D eigenvalue weighted by atomic mass is 16.3. The zero-order valence-corrected chi connectivity index (χ0v) is 7.51. The molecule has 0 aliphatic heterocycles. The van der Waals surface area contributed by atoms with E-state index in [4.69, 9.17) is 0 Å². The van der Waals surface area contributed by atoms with Gasteiger partial charge in [-0.15, -0.1) is 0 Å². The first kappa shape index (κ1) is 7.57. The third-order valence-corrected chi connectivity index (χ3v) is 3.67. The molecule has 0 spiro atoms. The van der Waals surface area contributed by atoms with E-state index in [9.17, 15) is 5.11 Å². The van der Waals surface area contributed by atoms with Crippen LogP contribution < -0.4 is 0 Å². The van der Waals surface area contributed by atoms with Gasteiger partial charge in [0.2, 0.25) is 0 Å². The quantitative estimate of drug-likeness (QED) is 0.556. The smallest absolute Gasteiger partial charge is 0.0758 e. The molecular weight excluding hydrogens is 160 g/mol. The van der Waals surface area contributed by atoms with E-state index in [0.717, 1.165) is 6.42 Å². The van der Waals surface area contributed by atoms with E-state index >= 15 is 0 Å². The second-order valence-corrected chi connectivity index (χ2v) is 4.32. The van der Waals surface area contributed by atoms with Gasteiger partial charge in [-0.25, -0.2) is 0 Å². The van der Waals surface area contributed by atoms with Gasteiger partial charge in [0.05, 0.1) is 6.10 Å². The maximum atomic E-state index is 9.87. The number of allylic oxidation sites excluding steroid dienone is 5. The molecule has 0 saturated carbocycles. The fourth-order valence-electron chi connectivity index (χ4n) is 2.80. The van der Waals surface area contributed by atoms with Crippen molar-refractivity contribution in [2.45, 2.75) is 12.5 Å². The number of aliphatic hydroxyl groups is 1. The maximum absolute atomic E-state index is 9.87. The SMILES string of the molecule is OC1C=CC2C=CCC1C1C=CC21. The van der Waals surface area contributed by atoms with Gasteiger partial charge in [0, 0.05) is 5.92 Å². The van der Waals surface area contributed by atoms with Gasteiger partial charge >= 0.3 is 0 Å².